The van der Waals surface area contributed by atoms with Crippen LogP contribution in [0.1, 0.15) is 15.9 Å². The van der Waals surface area contributed by atoms with Crippen LogP contribution in [0.25, 0.3) is 27.6 Å². The first-order chi connectivity index (χ1) is 21.3. The summed E-state index contributed by atoms with van der Waals surface area (Å²) in [5.41, 5.74) is 16.2. The molecular formula is C30H22N6O7S2. The van der Waals surface area contributed by atoms with E-state index in [1.807, 2.05) is 0 Å². The number of Topliss-reactive ketones (excluding diaryl/α,β-unsaturated/α-hetero) is 1. The quantitative estimate of drug-likeness (QED) is 0.0655. The predicted molar refractivity (Wildman–Crippen MR) is 172 cm³/mol. The molecule has 226 valence electrons. The smallest absolute Gasteiger partial charge is 0.296 e. The SMILES string of the molecule is Nc1ccc2c(c1)C(=O)C(=NNc1ccc(N=Nc3ccc(N)c4ccc(S(=O)(=O)O)cc34)c3ccccc13)C(S(=O)(=O)O)=C2. The first-order valence-electron chi connectivity index (χ1n) is 13.0. The van der Waals surface area contributed by atoms with Gasteiger partial charge < -0.3 is 11.5 Å². The fourth-order valence-corrected chi connectivity index (χ4v) is 6.09. The lowest BCUT2D eigenvalue weighted by Gasteiger charge is -2.17. The van der Waals surface area contributed by atoms with Crippen molar-refractivity contribution in [3.05, 3.63) is 101 Å². The summed E-state index contributed by atoms with van der Waals surface area (Å²) in [6.45, 7) is 0. The van der Waals surface area contributed by atoms with Crippen molar-refractivity contribution in [1.29, 1.82) is 0 Å². The number of rotatable bonds is 6. The van der Waals surface area contributed by atoms with Gasteiger partial charge in [-0.15, -0.1) is 10.2 Å². The molecule has 0 saturated carbocycles. The summed E-state index contributed by atoms with van der Waals surface area (Å²) in [5.74, 6) is -0.748. The van der Waals surface area contributed by atoms with E-state index < -0.39 is 36.6 Å². The fraction of sp³-hybridized carbons (Fsp3) is 0. The number of carbonyl (C=O) groups excluding carboxylic acids is 1. The number of carbonyl (C=O) groups is 1. The summed E-state index contributed by atoms with van der Waals surface area (Å²) < 4.78 is 67.2. The number of anilines is 3. The number of hydrazone groups is 1. The zero-order valence-corrected chi connectivity index (χ0v) is 24.5. The number of benzene rings is 5. The van der Waals surface area contributed by atoms with E-state index >= 15 is 0 Å². The van der Waals surface area contributed by atoms with E-state index in [1.54, 1.807) is 48.5 Å². The lowest BCUT2D eigenvalue weighted by molar-refractivity contribution is 0.106. The van der Waals surface area contributed by atoms with Crippen LogP contribution in [0.5, 0.6) is 0 Å². The third kappa shape index (κ3) is 5.63. The minimum Gasteiger partial charge on any atom is -0.399 e. The van der Waals surface area contributed by atoms with Crippen LogP contribution in [0.15, 0.2) is 110 Å². The van der Waals surface area contributed by atoms with E-state index in [9.17, 15) is 30.7 Å². The third-order valence-corrected chi connectivity index (χ3v) is 8.80. The minimum absolute atomic E-state index is 0.127. The van der Waals surface area contributed by atoms with Crippen molar-refractivity contribution in [2.45, 2.75) is 4.90 Å². The summed E-state index contributed by atoms with van der Waals surface area (Å²) in [5, 5.41) is 14.9. The van der Waals surface area contributed by atoms with Gasteiger partial charge >= 0.3 is 0 Å². The monoisotopic (exact) mass is 642 g/mol. The number of ketones is 1. The summed E-state index contributed by atoms with van der Waals surface area (Å²) in [6, 6.07) is 21.7. The molecule has 15 heteroatoms. The van der Waals surface area contributed by atoms with Crippen molar-refractivity contribution in [2.75, 3.05) is 16.9 Å². The number of hydrogen-bond acceptors (Lipinski definition) is 11. The van der Waals surface area contributed by atoms with Crippen LogP contribution >= 0.6 is 0 Å². The lowest BCUT2D eigenvalue weighted by atomic mass is 9.94. The van der Waals surface area contributed by atoms with Gasteiger partial charge in [0.25, 0.3) is 20.2 Å². The lowest BCUT2D eigenvalue weighted by Crippen LogP contribution is -2.27. The van der Waals surface area contributed by atoms with Crippen LogP contribution in [0.3, 0.4) is 0 Å². The molecule has 6 rings (SSSR count). The number of nitrogens with zero attached hydrogens (tertiary/aromatic N) is 3. The van der Waals surface area contributed by atoms with Gasteiger partial charge in [-0.1, -0.05) is 36.4 Å². The van der Waals surface area contributed by atoms with Gasteiger partial charge in [0, 0.05) is 38.5 Å². The average molecular weight is 643 g/mol. The maximum Gasteiger partial charge on any atom is 0.296 e. The molecule has 1 aliphatic carbocycles. The van der Waals surface area contributed by atoms with Crippen molar-refractivity contribution in [3.63, 3.8) is 0 Å². The molecule has 5 aromatic rings. The normalized spacial score (nSPS) is 14.7. The molecule has 45 heavy (non-hydrogen) atoms. The summed E-state index contributed by atoms with van der Waals surface area (Å²) in [6.07, 6.45) is 1.15. The number of allylic oxidation sites excluding steroid dienone is 1. The van der Waals surface area contributed by atoms with E-state index in [0.29, 0.717) is 50.0 Å². The summed E-state index contributed by atoms with van der Waals surface area (Å²) in [7, 11) is -9.30. The Morgan fingerprint density at radius 2 is 1.38 bits per heavy atom. The Morgan fingerprint density at radius 1 is 0.689 bits per heavy atom. The van der Waals surface area contributed by atoms with Crippen molar-refractivity contribution >= 4 is 87.8 Å². The number of hydrogen-bond donors (Lipinski definition) is 5. The topological polar surface area (TPSA) is 227 Å². The van der Waals surface area contributed by atoms with Gasteiger partial charge in [0.1, 0.15) is 4.91 Å². The van der Waals surface area contributed by atoms with Gasteiger partial charge in [0.05, 0.1) is 22.0 Å². The fourth-order valence-electron chi connectivity index (χ4n) is 4.92. The molecule has 0 unspecified atom stereocenters. The first-order valence-corrected chi connectivity index (χ1v) is 15.9. The van der Waals surface area contributed by atoms with Crippen LogP contribution in [-0.4, -0.2) is 37.4 Å². The zero-order chi connectivity index (χ0) is 32.1. The third-order valence-electron chi connectivity index (χ3n) is 7.09. The number of nitrogen functional groups attached to an aromatic ring is 2. The summed E-state index contributed by atoms with van der Waals surface area (Å²) >= 11 is 0. The predicted octanol–water partition coefficient (Wildman–Crippen LogP) is 5.71. The molecule has 0 spiro atoms. The Balaban J connectivity index is 1.40. The molecule has 0 amide bonds. The molecule has 0 aliphatic heterocycles. The Kier molecular flexibility index (Phi) is 7.17. The van der Waals surface area contributed by atoms with E-state index in [-0.39, 0.29) is 16.0 Å². The molecule has 0 atom stereocenters. The van der Waals surface area contributed by atoms with Crippen LogP contribution < -0.4 is 16.9 Å². The molecule has 0 saturated heterocycles. The average Bonchev–Trinajstić information content (AvgIpc) is 2.99. The molecule has 0 fully saturated rings. The largest absolute Gasteiger partial charge is 0.399 e. The van der Waals surface area contributed by atoms with E-state index in [0.717, 1.165) is 6.08 Å². The van der Waals surface area contributed by atoms with Crippen LogP contribution in [0.2, 0.25) is 0 Å². The van der Waals surface area contributed by atoms with Crippen molar-refractivity contribution in [2.24, 2.45) is 15.3 Å². The zero-order valence-electron chi connectivity index (χ0n) is 22.9. The highest BCUT2D eigenvalue weighted by atomic mass is 32.2. The van der Waals surface area contributed by atoms with E-state index in [4.69, 9.17) is 11.5 Å². The minimum atomic E-state index is -4.82. The molecule has 13 nitrogen and oxygen atoms in total. The van der Waals surface area contributed by atoms with E-state index in [1.165, 1.54) is 36.4 Å². The molecule has 0 heterocycles. The van der Waals surface area contributed by atoms with Crippen molar-refractivity contribution in [3.8, 4) is 0 Å². The second-order valence-electron chi connectivity index (χ2n) is 9.97. The highest BCUT2D eigenvalue weighted by Crippen LogP contribution is 2.36. The first kappa shape index (κ1) is 29.6. The van der Waals surface area contributed by atoms with Crippen molar-refractivity contribution < 1.29 is 30.7 Å². The number of nitrogens with one attached hydrogen (secondary N) is 1. The van der Waals surface area contributed by atoms with Crippen LogP contribution in [0.4, 0.5) is 28.4 Å². The molecule has 0 bridgehead atoms. The molecule has 7 N–H and O–H groups in total. The Morgan fingerprint density at radius 3 is 2.09 bits per heavy atom. The molecular weight excluding hydrogens is 620 g/mol. The van der Waals surface area contributed by atoms with Crippen LogP contribution in [0, 0.1) is 0 Å². The van der Waals surface area contributed by atoms with E-state index in [2.05, 4.69) is 20.8 Å². The molecule has 1 aliphatic rings. The summed E-state index contributed by atoms with van der Waals surface area (Å²) in [4.78, 5) is 12.3. The number of nitrogens with two attached hydrogens (primary N) is 2. The van der Waals surface area contributed by atoms with Gasteiger partial charge in [-0.3, -0.25) is 19.3 Å². The maximum absolute atomic E-state index is 13.2. The highest BCUT2D eigenvalue weighted by Gasteiger charge is 2.33. The standard InChI is InChI=1S/C30H22N6O7S2/c31-17-6-5-16-13-28(45(41,42)43)29(30(37)22(16)14-17)36-35-26-12-11-25(20-3-1-2-4-21(20)26)33-34-27-10-9-24(32)19-8-7-18(15-23(19)27)44(38,39)40/h1-15,35H,31-32H2,(H,38,39,40)(H,41,42,43). The molecule has 0 aromatic heterocycles. The Labute approximate surface area is 256 Å². The molecule has 0 radical (unpaired) electrons. The van der Waals surface area contributed by atoms with Crippen molar-refractivity contribution in [1.82, 2.24) is 0 Å². The molecule has 5 aromatic carbocycles. The van der Waals surface area contributed by atoms with Crippen LogP contribution in [-0.2, 0) is 20.2 Å². The van der Waals surface area contributed by atoms with Gasteiger partial charge in [0.15, 0.2) is 5.71 Å². The Bertz CT molecular complexity index is 2400. The maximum atomic E-state index is 13.2. The van der Waals surface area contributed by atoms with Gasteiger partial charge in [-0.2, -0.15) is 21.9 Å². The number of fused-ring (bicyclic) bond motifs is 3. The second-order valence-corrected chi connectivity index (χ2v) is 12.8. The van der Waals surface area contributed by atoms with Gasteiger partial charge in [0.2, 0.25) is 5.78 Å². The van der Waals surface area contributed by atoms with Gasteiger partial charge in [-0.25, -0.2) is 0 Å². The second kappa shape index (κ2) is 10.9. The van der Waals surface area contributed by atoms with Gasteiger partial charge in [-0.05, 0) is 60.2 Å². The number of azo groups is 1. The Hall–Kier alpha value is -5.48. The highest BCUT2D eigenvalue weighted by molar-refractivity contribution is 7.91.